The molecular weight excluding hydrogens is 476 g/mol. The van der Waals surface area contributed by atoms with Crippen LogP contribution in [0.2, 0.25) is 0 Å². The van der Waals surface area contributed by atoms with E-state index >= 15 is 0 Å². The summed E-state index contributed by atoms with van der Waals surface area (Å²) in [7, 11) is 0. The van der Waals surface area contributed by atoms with Crippen molar-refractivity contribution in [2.45, 2.75) is 44.2 Å². The van der Waals surface area contributed by atoms with E-state index in [1.165, 1.54) is 4.90 Å². The molecule has 0 atom stereocenters. The zero-order chi connectivity index (χ0) is 26.0. The first-order chi connectivity index (χ1) is 17.3. The molecule has 194 valence electrons. The van der Waals surface area contributed by atoms with Crippen molar-refractivity contribution in [3.8, 4) is 0 Å². The van der Waals surface area contributed by atoms with Crippen LogP contribution in [0.25, 0.3) is 0 Å². The molecule has 1 aliphatic rings. The molecule has 1 saturated heterocycles. The lowest BCUT2D eigenvalue weighted by Gasteiger charge is -2.41. The molecule has 0 saturated carbocycles. The van der Waals surface area contributed by atoms with Crippen LogP contribution in [0.1, 0.15) is 48.7 Å². The van der Waals surface area contributed by atoms with Gasteiger partial charge in [-0.1, -0.05) is 24.3 Å². The van der Waals surface area contributed by atoms with Gasteiger partial charge in [-0.15, -0.1) is 11.8 Å². The molecule has 0 spiro atoms. The van der Waals surface area contributed by atoms with Crippen molar-refractivity contribution in [2.75, 3.05) is 45.7 Å². The molecule has 36 heavy (non-hydrogen) atoms. The normalized spacial score (nSPS) is 14.9. The Hall–Kier alpha value is -2.68. The lowest BCUT2D eigenvalue weighted by molar-refractivity contribution is -0.144. The monoisotopic (exact) mass is 512 g/mol. The molecule has 1 fully saturated rings. The van der Waals surface area contributed by atoms with Crippen LogP contribution >= 0.6 is 11.8 Å². The van der Waals surface area contributed by atoms with E-state index in [4.69, 9.17) is 19.2 Å². The number of morpholine rings is 1. The average molecular weight is 513 g/mol. The highest BCUT2D eigenvalue weighted by atomic mass is 32.2. The number of carbonyl (C=O) groups is 2. The van der Waals surface area contributed by atoms with Gasteiger partial charge < -0.3 is 14.2 Å². The van der Waals surface area contributed by atoms with E-state index in [9.17, 15) is 9.59 Å². The SMILES string of the molecule is CCOC(=O)c1ccc(COC(=O)CCN=C(c2ccc(SC)cc2)C(C)(C)N2CCOCC2)cc1. The van der Waals surface area contributed by atoms with Gasteiger partial charge in [0.05, 0.1) is 43.1 Å². The molecule has 0 unspecified atom stereocenters. The molecule has 2 aromatic carbocycles. The lowest BCUT2D eigenvalue weighted by atomic mass is 9.89. The molecule has 0 aromatic heterocycles. The summed E-state index contributed by atoms with van der Waals surface area (Å²) in [5, 5.41) is 0. The molecule has 0 amide bonds. The third-order valence-corrected chi connectivity index (χ3v) is 6.94. The van der Waals surface area contributed by atoms with Crippen LogP contribution in [0.5, 0.6) is 0 Å². The molecular formula is C28H36N2O5S. The molecule has 8 heteroatoms. The Bertz CT molecular complexity index is 1030. The first kappa shape index (κ1) is 27.9. The summed E-state index contributed by atoms with van der Waals surface area (Å²) in [6.45, 7) is 10.0. The molecule has 7 nitrogen and oxygen atoms in total. The fourth-order valence-electron chi connectivity index (χ4n) is 4.11. The summed E-state index contributed by atoms with van der Waals surface area (Å²) in [6, 6.07) is 15.3. The molecule has 3 rings (SSSR count). The standard InChI is InChI=1S/C28H36N2O5S/c1-5-34-27(32)23-8-6-21(7-9-23)20-35-25(31)14-15-29-26(22-10-12-24(36-4)13-11-22)28(2,3)30-16-18-33-19-17-30/h6-13H,5,14-20H2,1-4H3. The summed E-state index contributed by atoms with van der Waals surface area (Å²) in [4.78, 5) is 32.7. The van der Waals surface area contributed by atoms with Gasteiger partial charge in [0.1, 0.15) is 6.61 Å². The summed E-state index contributed by atoms with van der Waals surface area (Å²) in [6.07, 6.45) is 2.24. The lowest BCUT2D eigenvalue weighted by Crippen LogP contribution is -2.54. The number of rotatable bonds is 11. The summed E-state index contributed by atoms with van der Waals surface area (Å²) in [5.74, 6) is -0.674. The van der Waals surface area contributed by atoms with Crippen LogP contribution in [-0.2, 0) is 25.6 Å². The largest absolute Gasteiger partial charge is 0.462 e. The zero-order valence-electron chi connectivity index (χ0n) is 21.6. The Kier molecular flexibility index (Phi) is 10.5. The van der Waals surface area contributed by atoms with E-state index < -0.39 is 0 Å². The maximum atomic E-state index is 12.4. The topological polar surface area (TPSA) is 77.4 Å². The maximum absolute atomic E-state index is 12.4. The van der Waals surface area contributed by atoms with E-state index in [0.29, 0.717) is 31.9 Å². The van der Waals surface area contributed by atoms with E-state index in [-0.39, 0.29) is 30.5 Å². The Balaban J connectivity index is 1.63. The molecule has 0 radical (unpaired) electrons. The Morgan fingerprint density at radius 2 is 1.64 bits per heavy atom. The zero-order valence-corrected chi connectivity index (χ0v) is 22.4. The quantitative estimate of drug-likeness (QED) is 0.247. The summed E-state index contributed by atoms with van der Waals surface area (Å²) in [5.41, 5.74) is 2.99. The third-order valence-electron chi connectivity index (χ3n) is 6.20. The minimum atomic E-state index is -0.363. The van der Waals surface area contributed by atoms with Gasteiger partial charge in [0.15, 0.2) is 0 Å². The summed E-state index contributed by atoms with van der Waals surface area (Å²) >= 11 is 1.70. The van der Waals surface area contributed by atoms with Crippen molar-refractivity contribution in [3.05, 3.63) is 65.2 Å². The van der Waals surface area contributed by atoms with E-state index in [1.807, 2.05) is 0 Å². The number of ether oxygens (including phenoxy) is 3. The van der Waals surface area contributed by atoms with Gasteiger partial charge in [0, 0.05) is 24.5 Å². The van der Waals surface area contributed by atoms with Crippen molar-refractivity contribution >= 4 is 29.4 Å². The van der Waals surface area contributed by atoms with E-state index in [2.05, 4.69) is 49.3 Å². The fraction of sp³-hybridized carbons (Fsp3) is 0.464. The third kappa shape index (κ3) is 7.66. The van der Waals surface area contributed by atoms with E-state index in [0.717, 1.165) is 29.9 Å². The Morgan fingerprint density at radius 1 is 1.00 bits per heavy atom. The number of thioether (sulfide) groups is 1. The van der Waals surface area contributed by atoms with Gasteiger partial charge in [-0.2, -0.15) is 0 Å². The van der Waals surface area contributed by atoms with Gasteiger partial charge in [-0.05, 0) is 62.4 Å². The van der Waals surface area contributed by atoms with Crippen molar-refractivity contribution < 1.29 is 23.8 Å². The second-order valence-electron chi connectivity index (χ2n) is 8.95. The number of benzene rings is 2. The number of aliphatic imine (C=N–C) groups is 1. The number of esters is 2. The van der Waals surface area contributed by atoms with Gasteiger partial charge >= 0.3 is 11.9 Å². The molecule has 0 bridgehead atoms. The van der Waals surface area contributed by atoms with E-state index in [1.54, 1.807) is 43.0 Å². The minimum Gasteiger partial charge on any atom is -0.462 e. The van der Waals surface area contributed by atoms with Crippen LogP contribution in [-0.4, -0.2) is 73.8 Å². The highest BCUT2D eigenvalue weighted by molar-refractivity contribution is 7.98. The highest BCUT2D eigenvalue weighted by Crippen LogP contribution is 2.25. The van der Waals surface area contributed by atoms with Gasteiger partial charge in [-0.3, -0.25) is 14.7 Å². The average Bonchev–Trinajstić information content (AvgIpc) is 2.91. The van der Waals surface area contributed by atoms with Crippen LogP contribution in [0.15, 0.2) is 58.4 Å². The smallest absolute Gasteiger partial charge is 0.338 e. The Morgan fingerprint density at radius 3 is 2.25 bits per heavy atom. The van der Waals surface area contributed by atoms with Gasteiger partial charge in [0.25, 0.3) is 0 Å². The Labute approximate surface area is 218 Å². The van der Waals surface area contributed by atoms with Crippen LogP contribution in [0.4, 0.5) is 0 Å². The van der Waals surface area contributed by atoms with Gasteiger partial charge in [-0.25, -0.2) is 4.79 Å². The summed E-state index contributed by atoms with van der Waals surface area (Å²) < 4.78 is 16.0. The first-order valence-corrected chi connectivity index (χ1v) is 13.5. The minimum absolute atomic E-state index is 0.147. The fourth-order valence-corrected chi connectivity index (χ4v) is 4.51. The predicted octanol–water partition coefficient (Wildman–Crippen LogP) is 4.62. The number of carbonyl (C=O) groups excluding carboxylic acids is 2. The molecule has 1 heterocycles. The molecule has 0 N–H and O–H groups in total. The van der Waals surface area contributed by atoms with Gasteiger partial charge in [0.2, 0.25) is 0 Å². The van der Waals surface area contributed by atoms with Crippen molar-refractivity contribution in [2.24, 2.45) is 4.99 Å². The number of nitrogens with zero attached hydrogens (tertiary/aromatic N) is 2. The number of hydrogen-bond donors (Lipinski definition) is 0. The maximum Gasteiger partial charge on any atom is 0.338 e. The molecule has 2 aromatic rings. The van der Waals surface area contributed by atoms with Crippen molar-refractivity contribution in [1.82, 2.24) is 4.90 Å². The second-order valence-corrected chi connectivity index (χ2v) is 9.82. The number of hydrogen-bond acceptors (Lipinski definition) is 8. The first-order valence-electron chi connectivity index (χ1n) is 12.3. The van der Waals surface area contributed by atoms with Crippen molar-refractivity contribution in [3.63, 3.8) is 0 Å². The predicted molar refractivity (Wildman–Crippen MR) is 143 cm³/mol. The second kappa shape index (κ2) is 13.6. The van der Waals surface area contributed by atoms with Crippen LogP contribution < -0.4 is 0 Å². The highest BCUT2D eigenvalue weighted by Gasteiger charge is 2.34. The van der Waals surface area contributed by atoms with Crippen LogP contribution in [0.3, 0.4) is 0 Å². The van der Waals surface area contributed by atoms with Crippen molar-refractivity contribution in [1.29, 1.82) is 0 Å². The molecule has 0 aliphatic carbocycles. The molecule has 1 aliphatic heterocycles. The van der Waals surface area contributed by atoms with Crippen LogP contribution in [0, 0.1) is 0 Å².